The number of thiophene rings is 1. The minimum absolute atomic E-state index is 0.101. The number of hydrogen-bond donors (Lipinski definition) is 0. The molecule has 0 N–H and O–H groups in total. The van der Waals surface area contributed by atoms with Crippen molar-refractivity contribution < 1.29 is 0 Å². The second-order valence-corrected chi connectivity index (χ2v) is 7.76. The molecule has 0 atom stereocenters. The minimum Gasteiger partial charge on any atom is -0.290 e. The molecule has 2 aromatic heterocycles. The van der Waals surface area contributed by atoms with Gasteiger partial charge >= 0.3 is 0 Å². The molecule has 0 spiro atoms. The molecule has 3 rings (SSSR count). The van der Waals surface area contributed by atoms with Crippen LogP contribution >= 0.6 is 23.1 Å². The SMILES string of the molecule is Cn1c(SCCCCC#N)nc2sc3c(c2c1=O)CCCC3. The highest BCUT2D eigenvalue weighted by Crippen LogP contribution is 2.34. The highest BCUT2D eigenvalue weighted by molar-refractivity contribution is 7.99. The summed E-state index contributed by atoms with van der Waals surface area (Å²) < 4.78 is 1.69. The highest BCUT2D eigenvalue weighted by Gasteiger charge is 2.21. The number of unbranched alkanes of at least 4 members (excludes halogenated alkanes) is 2. The Balaban J connectivity index is 1.88. The molecule has 0 fully saturated rings. The van der Waals surface area contributed by atoms with Crippen LogP contribution in [0.25, 0.3) is 10.2 Å². The Morgan fingerprint density at radius 1 is 1.36 bits per heavy atom. The first-order chi connectivity index (χ1) is 10.7. The Hall–Kier alpha value is -1.32. The molecule has 22 heavy (non-hydrogen) atoms. The van der Waals surface area contributed by atoms with Crippen LogP contribution in [0.3, 0.4) is 0 Å². The van der Waals surface area contributed by atoms with Gasteiger partial charge in [-0.05, 0) is 44.1 Å². The summed E-state index contributed by atoms with van der Waals surface area (Å²) >= 11 is 3.32. The van der Waals surface area contributed by atoms with Crippen LogP contribution in [-0.2, 0) is 19.9 Å². The monoisotopic (exact) mass is 333 g/mol. The molecule has 1 aliphatic carbocycles. The van der Waals surface area contributed by atoms with Gasteiger partial charge in [-0.15, -0.1) is 11.3 Å². The fraction of sp³-hybridized carbons (Fsp3) is 0.562. The number of fused-ring (bicyclic) bond motifs is 3. The number of hydrogen-bond acceptors (Lipinski definition) is 5. The summed E-state index contributed by atoms with van der Waals surface area (Å²) in [6, 6.07) is 2.16. The summed E-state index contributed by atoms with van der Waals surface area (Å²) in [6.07, 6.45) is 7.00. The van der Waals surface area contributed by atoms with Gasteiger partial charge in [0.05, 0.1) is 11.5 Å². The molecule has 0 bridgehead atoms. The molecular weight excluding hydrogens is 314 g/mol. The lowest BCUT2D eigenvalue weighted by Gasteiger charge is -2.10. The zero-order valence-electron chi connectivity index (χ0n) is 12.7. The fourth-order valence-corrected chi connectivity index (χ4v) is 5.14. The van der Waals surface area contributed by atoms with Crippen LogP contribution in [0.5, 0.6) is 0 Å². The van der Waals surface area contributed by atoms with E-state index in [1.807, 2.05) is 7.05 Å². The van der Waals surface area contributed by atoms with E-state index in [1.165, 1.54) is 23.3 Å². The van der Waals surface area contributed by atoms with E-state index in [0.717, 1.165) is 46.8 Å². The third-order valence-corrected chi connectivity index (χ3v) is 6.37. The van der Waals surface area contributed by atoms with E-state index in [9.17, 15) is 4.79 Å². The van der Waals surface area contributed by atoms with Gasteiger partial charge in [0.15, 0.2) is 5.16 Å². The Bertz CT molecular complexity index is 785. The number of aryl methyl sites for hydroxylation is 2. The molecular formula is C16H19N3OS2. The highest BCUT2D eigenvalue weighted by atomic mass is 32.2. The van der Waals surface area contributed by atoms with Gasteiger partial charge in [-0.3, -0.25) is 9.36 Å². The summed E-state index contributed by atoms with van der Waals surface area (Å²) in [4.78, 5) is 19.7. The first-order valence-corrected chi connectivity index (χ1v) is 9.53. The molecule has 0 aliphatic heterocycles. The molecule has 0 aromatic carbocycles. The molecule has 6 heteroatoms. The number of nitrogens with zero attached hydrogens (tertiary/aromatic N) is 3. The van der Waals surface area contributed by atoms with Crippen molar-refractivity contribution in [3.05, 3.63) is 20.8 Å². The Labute approximate surface area is 138 Å². The van der Waals surface area contributed by atoms with Gasteiger partial charge in [0.1, 0.15) is 4.83 Å². The molecule has 0 saturated heterocycles. The van der Waals surface area contributed by atoms with Crippen LogP contribution in [-0.4, -0.2) is 15.3 Å². The van der Waals surface area contributed by atoms with Crippen molar-refractivity contribution in [1.82, 2.24) is 9.55 Å². The molecule has 0 unspecified atom stereocenters. The smallest absolute Gasteiger partial charge is 0.262 e. The van der Waals surface area contributed by atoms with Crippen molar-refractivity contribution >= 4 is 33.3 Å². The predicted octanol–water partition coefficient (Wildman–Crippen LogP) is 3.66. The summed E-state index contributed by atoms with van der Waals surface area (Å²) in [5, 5.41) is 10.2. The standard InChI is InChI=1S/C16H19N3OS2/c1-19-15(20)13-11-7-3-4-8-12(11)22-14(13)18-16(19)21-10-6-2-5-9-17/h2-8,10H2,1H3. The van der Waals surface area contributed by atoms with Gasteiger partial charge < -0.3 is 0 Å². The van der Waals surface area contributed by atoms with Crippen molar-refractivity contribution in [2.75, 3.05) is 5.75 Å². The fourth-order valence-electron chi connectivity index (χ4n) is 2.87. The maximum Gasteiger partial charge on any atom is 0.262 e. The first-order valence-electron chi connectivity index (χ1n) is 7.73. The van der Waals surface area contributed by atoms with Crippen LogP contribution in [0.2, 0.25) is 0 Å². The van der Waals surface area contributed by atoms with Gasteiger partial charge in [0.2, 0.25) is 0 Å². The molecule has 2 heterocycles. The number of nitriles is 1. The lowest BCUT2D eigenvalue weighted by atomic mass is 9.97. The van der Waals surface area contributed by atoms with E-state index in [4.69, 9.17) is 10.2 Å². The zero-order valence-corrected chi connectivity index (χ0v) is 14.4. The zero-order chi connectivity index (χ0) is 15.5. The van der Waals surface area contributed by atoms with Crippen molar-refractivity contribution in [2.45, 2.75) is 50.1 Å². The van der Waals surface area contributed by atoms with Crippen molar-refractivity contribution in [2.24, 2.45) is 7.05 Å². The van der Waals surface area contributed by atoms with E-state index in [1.54, 1.807) is 27.7 Å². The Morgan fingerprint density at radius 3 is 3.00 bits per heavy atom. The lowest BCUT2D eigenvalue weighted by molar-refractivity contribution is 0.695. The summed E-state index contributed by atoms with van der Waals surface area (Å²) in [6.45, 7) is 0. The van der Waals surface area contributed by atoms with Gasteiger partial charge in [-0.25, -0.2) is 4.98 Å². The maximum atomic E-state index is 12.7. The normalized spacial score (nSPS) is 14.0. The van der Waals surface area contributed by atoms with E-state index in [0.29, 0.717) is 6.42 Å². The van der Waals surface area contributed by atoms with Crippen LogP contribution in [0.15, 0.2) is 9.95 Å². The summed E-state index contributed by atoms with van der Waals surface area (Å²) in [7, 11) is 1.82. The van der Waals surface area contributed by atoms with Crippen LogP contribution in [0.4, 0.5) is 0 Å². The topological polar surface area (TPSA) is 58.7 Å². The summed E-state index contributed by atoms with van der Waals surface area (Å²) in [5.41, 5.74) is 1.36. The quantitative estimate of drug-likeness (QED) is 0.476. The number of rotatable bonds is 5. The van der Waals surface area contributed by atoms with Crippen LogP contribution < -0.4 is 5.56 Å². The average Bonchev–Trinajstić information content (AvgIpc) is 2.90. The van der Waals surface area contributed by atoms with E-state index < -0.39 is 0 Å². The number of aromatic nitrogens is 2. The van der Waals surface area contributed by atoms with E-state index in [-0.39, 0.29) is 5.56 Å². The van der Waals surface area contributed by atoms with Crippen molar-refractivity contribution in [3.63, 3.8) is 0 Å². The first kappa shape index (κ1) is 15.6. The van der Waals surface area contributed by atoms with Crippen LogP contribution in [0.1, 0.15) is 42.5 Å². The second kappa shape index (κ2) is 6.84. The van der Waals surface area contributed by atoms with Crippen LogP contribution in [0, 0.1) is 11.3 Å². The second-order valence-electron chi connectivity index (χ2n) is 5.61. The third-order valence-electron chi connectivity index (χ3n) is 4.07. The minimum atomic E-state index is 0.101. The van der Waals surface area contributed by atoms with Gasteiger partial charge in [-0.2, -0.15) is 5.26 Å². The molecule has 2 aromatic rings. The molecule has 116 valence electrons. The van der Waals surface area contributed by atoms with Crippen molar-refractivity contribution in [3.8, 4) is 6.07 Å². The third kappa shape index (κ3) is 2.92. The molecule has 4 nitrogen and oxygen atoms in total. The average molecular weight is 333 g/mol. The Kier molecular flexibility index (Phi) is 4.84. The van der Waals surface area contributed by atoms with E-state index in [2.05, 4.69) is 6.07 Å². The largest absolute Gasteiger partial charge is 0.290 e. The van der Waals surface area contributed by atoms with Gasteiger partial charge in [-0.1, -0.05) is 11.8 Å². The molecule has 0 amide bonds. The molecule has 1 aliphatic rings. The number of thioether (sulfide) groups is 1. The predicted molar refractivity (Wildman–Crippen MR) is 91.7 cm³/mol. The van der Waals surface area contributed by atoms with Gasteiger partial charge in [0.25, 0.3) is 5.56 Å². The Morgan fingerprint density at radius 2 is 2.18 bits per heavy atom. The van der Waals surface area contributed by atoms with E-state index >= 15 is 0 Å². The lowest BCUT2D eigenvalue weighted by Crippen LogP contribution is -2.20. The summed E-state index contributed by atoms with van der Waals surface area (Å²) in [5.74, 6) is 0.901. The maximum absolute atomic E-state index is 12.7. The molecule has 0 radical (unpaired) electrons. The molecule has 0 saturated carbocycles. The van der Waals surface area contributed by atoms with Gasteiger partial charge in [0, 0.05) is 24.1 Å². The van der Waals surface area contributed by atoms with Crippen molar-refractivity contribution in [1.29, 1.82) is 5.26 Å².